The van der Waals surface area contributed by atoms with Gasteiger partial charge in [-0.15, -0.1) is 0 Å². The van der Waals surface area contributed by atoms with E-state index >= 15 is 0 Å². The fraction of sp³-hybridized carbons (Fsp3) is 0.107. The first kappa shape index (κ1) is 23.9. The molecule has 0 unspecified atom stereocenters. The summed E-state index contributed by atoms with van der Waals surface area (Å²) in [5, 5.41) is 41.2. The van der Waals surface area contributed by atoms with Gasteiger partial charge in [-0.2, -0.15) is 0 Å². The van der Waals surface area contributed by atoms with Gasteiger partial charge in [-0.05, 0) is 41.8 Å². The first-order valence-corrected chi connectivity index (χ1v) is 11.7. The third-order valence-electron chi connectivity index (χ3n) is 6.76. The van der Waals surface area contributed by atoms with E-state index in [9.17, 15) is 34.8 Å². The van der Waals surface area contributed by atoms with E-state index in [1.54, 1.807) is 24.3 Å². The number of hydrogen-bond acceptors (Lipinski definition) is 10. The van der Waals surface area contributed by atoms with Crippen molar-refractivity contribution in [1.29, 1.82) is 0 Å². The molecule has 0 fully saturated rings. The van der Waals surface area contributed by atoms with Gasteiger partial charge >= 0.3 is 5.97 Å². The number of carbonyl (C=O) groups is 1. The molecular formula is C28H19NO10. The molecule has 0 saturated heterocycles. The van der Waals surface area contributed by atoms with E-state index in [1.165, 1.54) is 13.2 Å². The lowest BCUT2D eigenvalue weighted by Crippen LogP contribution is -2.26. The Hall–Kier alpha value is -5.45. The van der Waals surface area contributed by atoms with Gasteiger partial charge in [0, 0.05) is 34.7 Å². The number of nitrogens with one attached hydrogen (secondary N) is 1. The number of aromatic hydroxyl groups is 4. The molecule has 3 heterocycles. The Morgan fingerprint density at radius 2 is 1.72 bits per heavy atom. The van der Waals surface area contributed by atoms with E-state index in [0.29, 0.717) is 16.7 Å². The zero-order valence-corrected chi connectivity index (χ0v) is 20.1. The molecule has 0 amide bonds. The number of esters is 1. The molecule has 3 aromatic carbocycles. The van der Waals surface area contributed by atoms with E-state index in [1.807, 2.05) is 0 Å². The van der Waals surface area contributed by atoms with Crippen LogP contribution in [0.2, 0.25) is 0 Å². The van der Waals surface area contributed by atoms with Crippen molar-refractivity contribution < 1.29 is 39.1 Å². The standard InChI is InChI=1S/C28H19NO10/c1-37-13-4-2-11-6-15(28(36)29-16(11)8-13)14-9-21(33)38-20-10-19(32)23-24(34)25(35)26(39-27(23)22(14)20)12-3-5-17(30)18(31)7-12/h2-8,10,14,30-32,35H,9H2,1H3,(H,29,36)/t14-/m0/s1. The van der Waals surface area contributed by atoms with Crippen LogP contribution in [0.15, 0.2) is 62.5 Å². The Morgan fingerprint density at radius 3 is 2.46 bits per heavy atom. The van der Waals surface area contributed by atoms with Crippen molar-refractivity contribution in [3.05, 3.63) is 80.2 Å². The van der Waals surface area contributed by atoms with Crippen molar-refractivity contribution in [3.8, 4) is 45.8 Å². The molecule has 0 saturated carbocycles. The number of hydrogen-bond donors (Lipinski definition) is 5. The van der Waals surface area contributed by atoms with Gasteiger partial charge in [-0.1, -0.05) is 0 Å². The number of aromatic amines is 1. The summed E-state index contributed by atoms with van der Waals surface area (Å²) in [7, 11) is 1.50. The summed E-state index contributed by atoms with van der Waals surface area (Å²) in [6.07, 6.45) is -0.280. The number of fused-ring (bicyclic) bond motifs is 4. The van der Waals surface area contributed by atoms with Crippen LogP contribution in [-0.2, 0) is 4.79 Å². The van der Waals surface area contributed by atoms with Crippen molar-refractivity contribution in [3.63, 3.8) is 0 Å². The minimum atomic E-state index is -0.991. The Morgan fingerprint density at radius 1 is 0.923 bits per heavy atom. The van der Waals surface area contributed by atoms with Gasteiger partial charge in [0.2, 0.25) is 11.2 Å². The van der Waals surface area contributed by atoms with E-state index in [-0.39, 0.29) is 45.6 Å². The van der Waals surface area contributed by atoms with Crippen molar-refractivity contribution in [1.82, 2.24) is 4.98 Å². The molecule has 196 valence electrons. The van der Waals surface area contributed by atoms with Gasteiger partial charge in [0.1, 0.15) is 28.2 Å². The molecule has 1 aliphatic rings. The number of phenols is 3. The quantitative estimate of drug-likeness (QED) is 0.132. The minimum absolute atomic E-state index is 0.0424. The number of phenolic OH excluding ortho intramolecular Hbond substituents is 3. The van der Waals surface area contributed by atoms with Crippen molar-refractivity contribution in [2.45, 2.75) is 12.3 Å². The van der Waals surface area contributed by atoms with Crippen LogP contribution in [0.1, 0.15) is 23.5 Å². The smallest absolute Gasteiger partial charge is 0.312 e. The van der Waals surface area contributed by atoms with Gasteiger partial charge in [0.25, 0.3) is 5.56 Å². The van der Waals surface area contributed by atoms with Crippen molar-refractivity contribution in [2.24, 2.45) is 0 Å². The van der Waals surface area contributed by atoms with E-state index in [2.05, 4.69) is 4.98 Å². The van der Waals surface area contributed by atoms with E-state index in [4.69, 9.17) is 13.9 Å². The third kappa shape index (κ3) is 3.71. The highest BCUT2D eigenvalue weighted by Crippen LogP contribution is 2.47. The largest absolute Gasteiger partial charge is 0.507 e. The second-order valence-corrected chi connectivity index (χ2v) is 9.06. The molecule has 0 aliphatic carbocycles. The van der Waals surface area contributed by atoms with Crippen molar-refractivity contribution in [2.75, 3.05) is 7.11 Å². The maximum Gasteiger partial charge on any atom is 0.312 e. The Bertz CT molecular complexity index is 1970. The number of benzene rings is 3. The van der Waals surface area contributed by atoms with Gasteiger partial charge < -0.3 is 39.3 Å². The van der Waals surface area contributed by atoms with Gasteiger partial charge in [-0.25, -0.2) is 0 Å². The lowest BCUT2D eigenvalue weighted by molar-refractivity contribution is -0.135. The minimum Gasteiger partial charge on any atom is -0.507 e. The Labute approximate surface area is 217 Å². The molecule has 2 aromatic heterocycles. The van der Waals surface area contributed by atoms with Crippen LogP contribution >= 0.6 is 0 Å². The van der Waals surface area contributed by atoms with Gasteiger partial charge in [0.15, 0.2) is 17.3 Å². The normalized spacial score (nSPS) is 14.8. The number of H-pyrrole nitrogens is 1. The molecular weight excluding hydrogens is 510 g/mol. The van der Waals surface area contributed by atoms with E-state index < -0.39 is 45.9 Å². The first-order chi connectivity index (χ1) is 18.7. The molecule has 11 nitrogen and oxygen atoms in total. The molecule has 11 heteroatoms. The van der Waals surface area contributed by atoms with Crippen LogP contribution < -0.4 is 20.5 Å². The molecule has 1 atom stereocenters. The van der Waals surface area contributed by atoms with Crippen LogP contribution in [0.4, 0.5) is 0 Å². The predicted octanol–water partition coefficient (Wildman–Crippen LogP) is 3.57. The summed E-state index contributed by atoms with van der Waals surface area (Å²) >= 11 is 0. The fourth-order valence-electron chi connectivity index (χ4n) is 4.89. The second kappa shape index (κ2) is 8.55. The molecule has 6 rings (SSSR count). The SMILES string of the molecule is COc1ccc2cc([C@@H]3CC(=O)Oc4cc(O)c5c(=O)c(O)c(-c6ccc(O)c(O)c6)oc5c43)c(=O)[nH]c2c1. The number of carbonyl (C=O) groups excluding carboxylic acids is 1. The number of ether oxygens (including phenoxy) is 2. The van der Waals surface area contributed by atoms with Crippen LogP contribution in [0, 0.1) is 0 Å². The lowest BCUT2D eigenvalue weighted by Gasteiger charge is -2.26. The first-order valence-electron chi connectivity index (χ1n) is 11.7. The van der Waals surface area contributed by atoms with Crippen LogP contribution in [0.5, 0.6) is 34.5 Å². The highest BCUT2D eigenvalue weighted by Gasteiger charge is 2.36. The highest BCUT2D eigenvalue weighted by atomic mass is 16.5. The lowest BCUT2D eigenvalue weighted by atomic mass is 9.85. The van der Waals surface area contributed by atoms with Gasteiger partial charge in [-0.3, -0.25) is 14.4 Å². The molecule has 39 heavy (non-hydrogen) atoms. The summed E-state index contributed by atoms with van der Waals surface area (Å²) in [5.74, 6) is -4.01. The molecule has 0 radical (unpaired) electrons. The highest BCUT2D eigenvalue weighted by molar-refractivity contribution is 5.94. The average molecular weight is 529 g/mol. The summed E-state index contributed by atoms with van der Waals surface area (Å²) in [5.41, 5.74) is -0.855. The molecule has 1 aliphatic heterocycles. The summed E-state index contributed by atoms with van der Waals surface area (Å²) in [4.78, 5) is 41.8. The topological polar surface area (TPSA) is 180 Å². The zero-order chi connectivity index (χ0) is 27.6. The fourth-order valence-corrected chi connectivity index (χ4v) is 4.89. The Balaban J connectivity index is 1.66. The predicted molar refractivity (Wildman–Crippen MR) is 138 cm³/mol. The van der Waals surface area contributed by atoms with Gasteiger partial charge in [0.05, 0.1) is 19.0 Å². The third-order valence-corrected chi connectivity index (χ3v) is 6.76. The summed E-state index contributed by atoms with van der Waals surface area (Å²) in [6.45, 7) is 0. The van der Waals surface area contributed by atoms with Crippen molar-refractivity contribution >= 4 is 27.8 Å². The number of rotatable bonds is 3. The second-order valence-electron chi connectivity index (χ2n) is 9.06. The molecule has 5 N–H and O–H groups in total. The van der Waals surface area contributed by atoms with E-state index in [0.717, 1.165) is 18.2 Å². The summed E-state index contributed by atoms with van der Waals surface area (Å²) < 4.78 is 16.5. The number of pyridine rings is 1. The average Bonchev–Trinajstić information content (AvgIpc) is 2.90. The summed E-state index contributed by atoms with van der Waals surface area (Å²) in [6, 6.07) is 11.3. The van der Waals surface area contributed by atoms with Crippen LogP contribution in [-0.4, -0.2) is 38.5 Å². The number of methoxy groups -OCH3 is 1. The maximum atomic E-state index is 13.2. The molecule has 0 spiro atoms. The maximum absolute atomic E-state index is 13.2. The Kier molecular flexibility index (Phi) is 5.25. The number of aromatic nitrogens is 1. The molecule has 0 bridgehead atoms. The van der Waals surface area contributed by atoms with Crippen LogP contribution in [0.25, 0.3) is 33.2 Å². The molecule has 5 aromatic rings. The zero-order valence-electron chi connectivity index (χ0n) is 20.1. The van der Waals surface area contributed by atoms with Crippen LogP contribution in [0.3, 0.4) is 0 Å². The monoisotopic (exact) mass is 529 g/mol.